The maximum Gasteiger partial charge on any atom is 0.410 e. The number of nitrogens with zero attached hydrogens (tertiary/aromatic N) is 6. The van der Waals surface area contributed by atoms with Crippen LogP contribution in [0, 0.1) is 0 Å². The number of rotatable bonds is 3. The number of amides is 2. The fraction of sp³-hybridized carbons (Fsp3) is 0.889. The molecule has 1 fully saturated rings. The number of carbonyl (C=O) groups excluding carboxylic acids is 2. The van der Waals surface area contributed by atoms with Crippen LogP contribution >= 0.6 is 0 Å². The Bertz CT molecular complexity index is 538. The minimum absolute atomic E-state index is 0.329. The average molecular weight is 399 g/mol. The summed E-state index contributed by atoms with van der Waals surface area (Å²) in [7, 11) is 0. The minimum atomic E-state index is -0.596. The predicted octanol–water partition coefficient (Wildman–Crippen LogP) is 3.09. The highest BCUT2D eigenvalue weighted by Crippen LogP contribution is 2.13. The first-order chi connectivity index (χ1) is 12.9. The van der Waals surface area contributed by atoms with Gasteiger partial charge in [-0.15, -0.1) is 0 Å². The van der Waals surface area contributed by atoms with Crippen molar-refractivity contribution in [3.8, 4) is 0 Å². The Kier molecular flexibility index (Phi) is 8.84. The molecule has 0 aromatic carbocycles. The van der Waals surface area contributed by atoms with Crippen molar-refractivity contribution in [3.05, 3.63) is 10.4 Å². The van der Waals surface area contributed by atoms with Gasteiger partial charge in [-0.1, -0.05) is 5.11 Å². The van der Waals surface area contributed by atoms with E-state index in [0.717, 1.165) is 0 Å². The Morgan fingerprint density at radius 2 is 1.25 bits per heavy atom. The van der Waals surface area contributed by atoms with E-state index in [-0.39, 0.29) is 0 Å². The minimum Gasteiger partial charge on any atom is -0.444 e. The lowest BCUT2D eigenvalue weighted by Gasteiger charge is -2.30. The molecule has 0 aromatic heterocycles. The van der Waals surface area contributed by atoms with Gasteiger partial charge in [0, 0.05) is 57.3 Å². The van der Waals surface area contributed by atoms with Crippen molar-refractivity contribution < 1.29 is 19.1 Å². The molecule has 0 atom stereocenters. The highest BCUT2D eigenvalue weighted by atomic mass is 16.6. The van der Waals surface area contributed by atoms with Crippen LogP contribution in [-0.4, -0.2) is 90.4 Å². The number of ether oxygens (including phenoxy) is 2. The third-order valence-electron chi connectivity index (χ3n) is 3.89. The van der Waals surface area contributed by atoms with Crippen LogP contribution in [0.4, 0.5) is 9.59 Å². The van der Waals surface area contributed by atoms with Crippen molar-refractivity contribution in [2.45, 2.75) is 52.7 Å². The first kappa shape index (κ1) is 23.8. The van der Waals surface area contributed by atoms with Crippen LogP contribution in [0.25, 0.3) is 10.4 Å². The summed E-state index contributed by atoms with van der Waals surface area (Å²) in [5, 5.41) is 3.58. The standard InChI is InChI=1S/C18H34N6O4/c1-17(2,3)27-15(25)23-11-9-22(8-7-20-21-19)10-12-24(14-13-23)16(26)28-18(4,5)6/h7-14H2,1-6H3. The number of hydrogen-bond acceptors (Lipinski definition) is 6. The normalized spacial score (nSPS) is 17.1. The maximum absolute atomic E-state index is 12.5. The Morgan fingerprint density at radius 3 is 1.61 bits per heavy atom. The smallest absolute Gasteiger partial charge is 0.410 e. The molecule has 1 rings (SSSR count). The van der Waals surface area contributed by atoms with Crippen LogP contribution in [0.3, 0.4) is 0 Å². The fourth-order valence-corrected chi connectivity index (χ4v) is 2.57. The maximum atomic E-state index is 12.5. The highest BCUT2D eigenvalue weighted by Gasteiger charge is 2.27. The van der Waals surface area contributed by atoms with Gasteiger partial charge in [0.25, 0.3) is 0 Å². The van der Waals surface area contributed by atoms with Gasteiger partial charge < -0.3 is 19.3 Å². The molecular formula is C18H34N6O4. The molecule has 0 aromatic rings. The quantitative estimate of drug-likeness (QED) is 0.412. The van der Waals surface area contributed by atoms with Gasteiger partial charge in [0.05, 0.1) is 0 Å². The molecule has 10 heteroatoms. The van der Waals surface area contributed by atoms with Crippen molar-refractivity contribution >= 4 is 12.2 Å². The second kappa shape index (κ2) is 10.4. The van der Waals surface area contributed by atoms with E-state index in [0.29, 0.717) is 52.4 Å². The molecular weight excluding hydrogens is 364 g/mol. The van der Waals surface area contributed by atoms with Crippen molar-refractivity contribution in [3.63, 3.8) is 0 Å². The summed E-state index contributed by atoms with van der Waals surface area (Å²) in [6.45, 7) is 14.6. The molecule has 2 amide bonds. The monoisotopic (exact) mass is 398 g/mol. The molecule has 0 radical (unpaired) electrons. The van der Waals surface area contributed by atoms with Gasteiger partial charge in [0.2, 0.25) is 0 Å². The van der Waals surface area contributed by atoms with Crippen molar-refractivity contribution in [1.29, 1.82) is 0 Å². The van der Waals surface area contributed by atoms with Gasteiger partial charge in [0.15, 0.2) is 0 Å². The summed E-state index contributed by atoms with van der Waals surface area (Å²) >= 11 is 0. The van der Waals surface area contributed by atoms with Crippen LogP contribution in [0.1, 0.15) is 41.5 Å². The third kappa shape index (κ3) is 9.66. The van der Waals surface area contributed by atoms with Crippen molar-refractivity contribution in [2.75, 3.05) is 52.4 Å². The molecule has 10 nitrogen and oxygen atoms in total. The van der Waals surface area contributed by atoms with E-state index < -0.39 is 23.4 Å². The summed E-state index contributed by atoms with van der Waals surface area (Å²) in [6, 6.07) is 0. The third-order valence-corrected chi connectivity index (χ3v) is 3.89. The summed E-state index contributed by atoms with van der Waals surface area (Å²) in [4.78, 5) is 33.1. The summed E-state index contributed by atoms with van der Waals surface area (Å²) in [6.07, 6.45) is -0.818. The Morgan fingerprint density at radius 1 is 0.857 bits per heavy atom. The van der Waals surface area contributed by atoms with Crippen LogP contribution in [0.5, 0.6) is 0 Å². The Labute approximate surface area is 167 Å². The molecule has 0 N–H and O–H groups in total. The second-order valence-corrected chi connectivity index (χ2v) is 8.73. The molecule has 1 heterocycles. The molecule has 28 heavy (non-hydrogen) atoms. The molecule has 0 spiro atoms. The lowest BCUT2D eigenvalue weighted by molar-refractivity contribution is 0.0154. The summed E-state index contributed by atoms with van der Waals surface area (Å²) in [5.74, 6) is 0. The van der Waals surface area contributed by atoms with Crippen molar-refractivity contribution in [2.24, 2.45) is 5.11 Å². The van der Waals surface area contributed by atoms with Gasteiger partial charge in [-0.05, 0) is 47.1 Å². The molecule has 0 unspecified atom stereocenters. The zero-order chi connectivity index (χ0) is 21.4. The van der Waals surface area contributed by atoms with E-state index in [2.05, 4.69) is 14.9 Å². The van der Waals surface area contributed by atoms with Crippen LogP contribution in [-0.2, 0) is 9.47 Å². The molecule has 160 valence electrons. The Hall–Kier alpha value is -2.19. The summed E-state index contributed by atoms with van der Waals surface area (Å²) in [5.41, 5.74) is 7.30. The van der Waals surface area contributed by atoms with E-state index in [9.17, 15) is 9.59 Å². The predicted molar refractivity (Wildman–Crippen MR) is 106 cm³/mol. The van der Waals surface area contributed by atoms with Gasteiger partial charge in [0.1, 0.15) is 11.2 Å². The number of azide groups is 1. The fourth-order valence-electron chi connectivity index (χ4n) is 2.57. The average Bonchev–Trinajstić information content (AvgIpc) is 2.62. The molecule has 1 aliphatic heterocycles. The summed E-state index contributed by atoms with van der Waals surface area (Å²) < 4.78 is 11.0. The van der Waals surface area contributed by atoms with Crippen LogP contribution in [0.2, 0.25) is 0 Å². The lowest BCUT2D eigenvalue weighted by atomic mass is 10.2. The van der Waals surface area contributed by atoms with Gasteiger partial charge >= 0.3 is 12.2 Å². The topological polar surface area (TPSA) is 111 Å². The highest BCUT2D eigenvalue weighted by molar-refractivity contribution is 5.69. The second-order valence-electron chi connectivity index (χ2n) is 8.73. The van der Waals surface area contributed by atoms with E-state index >= 15 is 0 Å². The SMILES string of the molecule is CC(C)(C)OC(=O)N1CCN(CCN=[N+]=[N-])CCN(C(=O)OC(C)(C)C)CC1. The van der Waals surface area contributed by atoms with Crippen molar-refractivity contribution in [1.82, 2.24) is 14.7 Å². The lowest BCUT2D eigenvalue weighted by Crippen LogP contribution is -2.44. The molecule has 0 aliphatic carbocycles. The zero-order valence-electron chi connectivity index (χ0n) is 18.0. The van der Waals surface area contributed by atoms with E-state index in [1.165, 1.54) is 0 Å². The van der Waals surface area contributed by atoms with Crippen LogP contribution in [0.15, 0.2) is 5.11 Å². The molecule has 1 saturated heterocycles. The van der Waals surface area contributed by atoms with Crippen LogP contribution < -0.4 is 0 Å². The largest absolute Gasteiger partial charge is 0.444 e. The number of hydrogen-bond donors (Lipinski definition) is 0. The Balaban J connectivity index is 2.89. The first-order valence-electron chi connectivity index (χ1n) is 9.60. The molecule has 1 aliphatic rings. The first-order valence-corrected chi connectivity index (χ1v) is 9.60. The molecule has 0 bridgehead atoms. The molecule has 0 saturated carbocycles. The number of carbonyl (C=O) groups is 2. The van der Waals surface area contributed by atoms with Gasteiger partial charge in [-0.2, -0.15) is 0 Å². The van der Waals surface area contributed by atoms with E-state index in [4.69, 9.17) is 15.0 Å². The van der Waals surface area contributed by atoms with Gasteiger partial charge in [-0.3, -0.25) is 4.90 Å². The van der Waals surface area contributed by atoms with E-state index in [1.54, 1.807) is 9.80 Å². The van der Waals surface area contributed by atoms with E-state index in [1.807, 2.05) is 41.5 Å². The van der Waals surface area contributed by atoms with Gasteiger partial charge in [-0.25, -0.2) is 9.59 Å². The zero-order valence-corrected chi connectivity index (χ0v) is 18.0.